The molecular weight excluding hydrogens is 194 g/mol. The average molecular weight is 213 g/mol. The Kier molecular flexibility index (Phi) is 3.26. The van der Waals surface area contributed by atoms with Crippen molar-refractivity contribution >= 4 is 5.97 Å². The van der Waals surface area contributed by atoms with E-state index in [0.29, 0.717) is 12.6 Å². The van der Waals surface area contributed by atoms with Gasteiger partial charge < -0.3 is 9.84 Å². The van der Waals surface area contributed by atoms with Crippen molar-refractivity contribution in [2.45, 2.75) is 25.8 Å². The van der Waals surface area contributed by atoms with Crippen LogP contribution < -0.4 is 0 Å². The summed E-state index contributed by atoms with van der Waals surface area (Å²) in [6, 6.07) is 0.450. The van der Waals surface area contributed by atoms with Crippen LogP contribution in [0.2, 0.25) is 0 Å². The van der Waals surface area contributed by atoms with Crippen LogP contribution >= 0.6 is 0 Å². The highest BCUT2D eigenvalue weighted by atomic mass is 16.5. The summed E-state index contributed by atoms with van der Waals surface area (Å²) in [5.41, 5.74) is 0. The van der Waals surface area contributed by atoms with E-state index in [-0.39, 0.29) is 11.8 Å². The molecule has 0 spiro atoms. The van der Waals surface area contributed by atoms with Crippen LogP contribution in [0.3, 0.4) is 0 Å². The molecule has 2 aliphatic heterocycles. The number of hydrogen-bond donors (Lipinski definition) is 1. The van der Waals surface area contributed by atoms with Gasteiger partial charge in [0.2, 0.25) is 0 Å². The van der Waals surface area contributed by atoms with Gasteiger partial charge in [0, 0.05) is 25.7 Å². The van der Waals surface area contributed by atoms with Crippen LogP contribution in [0, 0.1) is 11.8 Å². The van der Waals surface area contributed by atoms with Crippen molar-refractivity contribution in [2.24, 2.45) is 11.8 Å². The maximum absolute atomic E-state index is 11.0. The second-order valence-corrected chi connectivity index (χ2v) is 4.75. The van der Waals surface area contributed by atoms with E-state index in [9.17, 15) is 4.79 Å². The monoisotopic (exact) mass is 213 g/mol. The van der Waals surface area contributed by atoms with Gasteiger partial charge in [0.1, 0.15) is 0 Å². The zero-order valence-corrected chi connectivity index (χ0v) is 9.19. The molecule has 0 aromatic rings. The van der Waals surface area contributed by atoms with Crippen LogP contribution in [0.4, 0.5) is 0 Å². The molecule has 2 aliphatic rings. The molecule has 0 bridgehead atoms. The first kappa shape index (κ1) is 10.9. The fourth-order valence-electron chi connectivity index (χ4n) is 2.64. The fourth-order valence-corrected chi connectivity index (χ4v) is 2.64. The highest BCUT2D eigenvalue weighted by Crippen LogP contribution is 2.27. The lowest BCUT2D eigenvalue weighted by Gasteiger charge is -2.30. The lowest BCUT2D eigenvalue weighted by molar-refractivity contribution is -0.142. The second kappa shape index (κ2) is 4.49. The number of nitrogens with zero attached hydrogens (tertiary/aromatic N) is 1. The molecule has 2 fully saturated rings. The smallest absolute Gasteiger partial charge is 0.308 e. The van der Waals surface area contributed by atoms with Gasteiger partial charge in [0.15, 0.2) is 0 Å². The highest BCUT2D eigenvalue weighted by molar-refractivity contribution is 5.71. The van der Waals surface area contributed by atoms with Gasteiger partial charge in [0.25, 0.3) is 0 Å². The first-order chi connectivity index (χ1) is 7.18. The Morgan fingerprint density at radius 3 is 2.80 bits per heavy atom. The van der Waals surface area contributed by atoms with E-state index < -0.39 is 5.97 Å². The van der Waals surface area contributed by atoms with Crippen LogP contribution in [0.15, 0.2) is 0 Å². The third kappa shape index (κ3) is 2.32. The van der Waals surface area contributed by atoms with Gasteiger partial charge in [-0.05, 0) is 18.8 Å². The normalized spacial score (nSPS) is 38.1. The lowest BCUT2D eigenvalue weighted by atomic mass is 9.99. The first-order valence-corrected chi connectivity index (χ1v) is 5.73. The van der Waals surface area contributed by atoms with Crippen molar-refractivity contribution in [1.82, 2.24) is 4.90 Å². The first-order valence-electron chi connectivity index (χ1n) is 5.73. The molecule has 2 rings (SSSR count). The van der Waals surface area contributed by atoms with E-state index in [1.807, 2.05) is 6.92 Å². The maximum atomic E-state index is 11.0. The summed E-state index contributed by atoms with van der Waals surface area (Å²) in [6.45, 7) is 5.28. The molecule has 0 aromatic heterocycles. The number of ether oxygens (including phenoxy) is 1. The number of carboxylic acids is 1. The summed E-state index contributed by atoms with van der Waals surface area (Å²) in [7, 11) is 0. The van der Waals surface area contributed by atoms with Crippen molar-refractivity contribution in [3.8, 4) is 0 Å². The molecule has 0 radical (unpaired) electrons. The van der Waals surface area contributed by atoms with E-state index in [2.05, 4.69) is 4.90 Å². The van der Waals surface area contributed by atoms with E-state index >= 15 is 0 Å². The van der Waals surface area contributed by atoms with Crippen molar-refractivity contribution in [2.75, 3.05) is 26.3 Å². The van der Waals surface area contributed by atoms with Crippen molar-refractivity contribution in [3.05, 3.63) is 0 Å². The predicted octanol–water partition coefficient (Wildman–Crippen LogP) is 0.818. The molecule has 3 atom stereocenters. The van der Waals surface area contributed by atoms with Crippen LogP contribution in [0.25, 0.3) is 0 Å². The number of carbonyl (C=O) groups is 1. The molecule has 0 aromatic carbocycles. The number of hydrogen-bond acceptors (Lipinski definition) is 3. The molecule has 3 unspecified atom stereocenters. The summed E-state index contributed by atoms with van der Waals surface area (Å²) in [6.07, 6.45) is 2.26. The number of rotatable bonds is 2. The minimum absolute atomic E-state index is 0.188. The van der Waals surface area contributed by atoms with Crippen molar-refractivity contribution in [3.63, 3.8) is 0 Å². The summed E-state index contributed by atoms with van der Waals surface area (Å²) in [4.78, 5) is 13.3. The molecule has 15 heavy (non-hydrogen) atoms. The van der Waals surface area contributed by atoms with Crippen LogP contribution in [0.1, 0.15) is 19.8 Å². The van der Waals surface area contributed by atoms with E-state index in [0.717, 1.165) is 32.6 Å². The predicted molar refractivity (Wildman–Crippen MR) is 55.7 cm³/mol. The van der Waals surface area contributed by atoms with Crippen LogP contribution in [-0.2, 0) is 9.53 Å². The summed E-state index contributed by atoms with van der Waals surface area (Å²) in [5.74, 6) is -0.571. The third-order valence-corrected chi connectivity index (χ3v) is 3.61. The number of carboxylic acid groups (broad SMARTS) is 1. The standard InChI is InChI=1S/C11H19NO3/c1-8-5-12(6-10(8)11(13)14)9-3-2-4-15-7-9/h8-10H,2-7H2,1H3,(H,13,14). The van der Waals surface area contributed by atoms with Crippen molar-refractivity contribution in [1.29, 1.82) is 0 Å². The number of likely N-dealkylation sites (tertiary alicyclic amines) is 1. The molecule has 1 N–H and O–H groups in total. The molecule has 2 heterocycles. The van der Waals surface area contributed by atoms with Gasteiger partial charge in [-0.15, -0.1) is 0 Å². The topological polar surface area (TPSA) is 49.8 Å². The van der Waals surface area contributed by atoms with Gasteiger partial charge in [-0.25, -0.2) is 0 Å². The Morgan fingerprint density at radius 1 is 1.47 bits per heavy atom. The summed E-state index contributed by atoms with van der Waals surface area (Å²) < 4.78 is 5.44. The maximum Gasteiger partial charge on any atom is 0.308 e. The third-order valence-electron chi connectivity index (χ3n) is 3.61. The van der Waals surface area contributed by atoms with Gasteiger partial charge in [0.05, 0.1) is 12.5 Å². The lowest BCUT2D eigenvalue weighted by Crippen LogP contribution is -2.40. The van der Waals surface area contributed by atoms with Gasteiger partial charge >= 0.3 is 5.97 Å². The molecule has 86 valence electrons. The Morgan fingerprint density at radius 2 is 2.27 bits per heavy atom. The van der Waals surface area contributed by atoms with Gasteiger partial charge in [-0.2, -0.15) is 0 Å². The van der Waals surface area contributed by atoms with Gasteiger partial charge in [-0.1, -0.05) is 6.92 Å². The van der Waals surface area contributed by atoms with Gasteiger partial charge in [-0.3, -0.25) is 9.69 Å². The zero-order chi connectivity index (χ0) is 10.8. The average Bonchev–Trinajstić information content (AvgIpc) is 2.62. The Balaban J connectivity index is 1.92. The van der Waals surface area contributed by atoms with E-state index in [4.69, 9.17) is 9.84 Å². The Labute approximate surface area is 90.2 Å². The summed E-state index contributed by atoms with van der Waals surface area (Å²) >= 11 is 0. The van der Waals surface area contributed by atoms with Crippen molar-refractivity contribution < 1.29 is 14.6 Å². The molecule has 0 saturated carbocycles. The highest BCUT2D eigenvalue weighted by Gasteiger charge is 2.37. The fraction of sp³-hybridized carbons (Fsp3) is 0.909. The molecule has 0 aliphatic carbocycles. The largest absolute Gasteiger partial charge is 0.481 e. The number of aliphatic carboxylic acids is 1. The molecule has 0 amide bonds. The van der Waals surface area contributed by atoms with Crippen LogP contribution in [-0.4, -0.2) is 48.3 Å². The minimum atomic E-state index is -0.651. The van der Waals surface area contributed by atoms with Crippen LogP contribution in [0.5, 0.6) is 0 Å². The Hall–Kier alpha value is -0.610. The SMILES string of the molecule is CC1CN(C2CCCOC2)CC1C(=O)O. The summed E-state index contributed by atoms with van der Waals surface area (Å²) in [5, 5.41) is 9.04. The van der Waals surface area contributed by atoms with E-state index in [1.165, 1.54) is 0 Å². The Bertz CT molecular complexity index is 238. The minimum Gasteiger partial charge on any atom is -0.481 e. The molecule has 4 heteroatoms. The second-order valence-electron chi connectivity index (χ2n) is 4.75. The zero-order valence-electron chi connectivity index (χ0n) is 9.19. The molecule has 4 nitrogen and oxygen atoms in total. The molecular formula is C11H19NO3. The van der Waals surface area contributed by atoms with E-state index in [1.54, 1.807) is 0 Å². The molecule has 2 saturated heterocycles. The quantitative estimate of drug-likeness (QED) is 0.737.